The zero-order valence-electron chi connectivity index (χ0n) is 60.9. The topological polar surface area (TPSA) is 237 Å². The van der Waals surface area contributed by atoms with Gasteiger partial charge in [0.15, 0.2) is 12.2 Å². The van der Waals surface area contributed by atoms with Crippen molar-refractivity contribution in [1.82, 2.24) is 0 Å². The first kappa shape index (κ1) is 91.1. The van der Waals surface area contributed by atoms with Crippen LogP contribution < -0.4 is 0 Å². The van der Waals surface area contributed by atoms with E-state index >= 15 is 0 Å². The van der Waals surface area contributed by atoms with Gasteiger partial charge in [-0.2, -0.15) is 0 Å². The molecular formula is C74H144O17P2. The van der Waals surface area contributed by atoms with Crippen molar-refractivity contribution >= 4 is 39.5 Å². The molecule has 0 heterocycles. The van der Waals surface area contributed by atoms with Gasteiger partial charge in [0.25, 0.3) is 0 Å². The lowest BCUT2D eigenvalue weighted by Crippen LogP contribution is -2.30. The van der Waals surface area contributed by atoms with Gasteiger partial charge in [0.1, 0.15) is 19.3 Å². The summed E-state index contributed by atoms with van der Waals surface area (Å²) in [5.41, 5.74) is 0. The van der Waals surface area contributed by atoms with Gasteiger partial charge in [0, 0.05) is 25.7 Å². The molecule has 17 nitrogen and oxygen atoms in total. The first-order valence-electron chi connectivity index (χ1n) is 38.2. The second-order valence-corrected chi connectivity index (χ2v) is 31.3. The average Bonchev–Trinajstić information content (AvgIpc) is 1.63. The Hall–Kier alpha value is -1.94. The maximum atomic E-state index is 13.1. The molecule has 3 N–H and O–H groups in total. The molecule has 0 radical (unpaired) electrons. The SMILES string of the molecule is CCC(C)CCCCCCCCCCCCC(=O)OC[C@H](COP(=O)(O)OC[C@@H](O)COP(=O)(O)OC[C@@H](COC(=O)CCCCCCCCC(C)C)OC(=O)CCCCCCCCCCCCCCCC(C)C)OC(=O)CCCCCCCCCCCCCC(C)C. The summed E-state index contributed by atoms with van der Waals surface area (Å²) < 4.78 is 68.4. The van der Waals surface area contributed by atoms with Crippen LogP contribution in [0.15, 0.2) is 0 Å². The molecular weight excluding hydrogens is 1220 g/mol. The Balaban J connectivity index is 5.25. The minimum Gasteiger partial charge on any atom is -0.462 e. The summed E-state index contributed by atoms with van der Waals surface area (Å²) >= 11 is 0. The van der Waals surface area contributed by atoms with Crippen molar-refractivity contribution in [3.05, 3.63) is 0 Å². The van der Waals surface area contributed by atoms with Crippen LogP contribution in [0.3, 0.4) is 0 Å². The van der Waals surface area contributed by atoms with Crippen molar-refractivity contribution < 1.29 is 80.2 Å². The van der Waals surface area contributed by atoms with Crippen LogP contribution in [0, 0.1) is 23.7 Å². The summed E-state index contributed by atoms with van der Waals surface area (Å²) in [4.78, 5) is 72.7. The van der Waals surface area contributed by atoms with Crippen molar-refractivity contribution in [2.75, 3.05) is 39.6 Å². The lowest BCUT2D eigenvalue weighted by molar-refractivity contribution is -0.161. The molecule has 0 spiro atoms. The van der Waals surface area contributed by atoms with Crippen LogP contribution >= 0.6 is 15.6 Å². The molecule has 0 bridgehead atoms. The molecule has 0 aliphatic heterocycles. The second kappa shape index (κ2) is 63.5. The highest BCUT2D eigenvalue weighted by molar-refractivity contribution is 7.47. The number of ether oxygens (including phenoxy) is 4. The summed E-state index contributed by atoms with van der Waals surface area (Å²) in [5.74, 6) is 0.916. The summed E-state index contributed by atoms with van der Waals surface area (Å²) in [6.45, 7) is 14.2. The highest BCUT2D eigenvalue weighted by atomic mass is 31.2. The number of phosphoric ester groups is 2. The summed E-state index contributed by atoms with van der Waals surface area (Å²) in [6, 6.07) is 0. The average molecular weight is 1370 g/mol. The minimum absolute atomic E-state index is 0.106. The van der Waals surface area contributed by atoms with Crippen molar-refractivity contribution in [2.45, 2.75) is 388 Å². The highest BCUT2D eigenvalue weighted by Gasteiger charge is 2.30. The van der Waals surface area contributed by atoms with Gasteiger partial charge in [0.05, 0.1) is 26.4 Å². The summed E-state index contributed by atoms with van der Waals surface area (Å²) in [5, 5.41) is 10.6. The van der Waals surface area contributed by atoms with Crippen LogP contribution in [0.5, 0.6) is 0 Å². The molecule has 0 rings (SSSR count). The van der Waals surface area contributed by atoms with E-state index in [-0.39, 0.29) is 25.7 Å². The predicted octanol–water partition coefficient (Wildman–Crippen LogP) is 21.3. The second-order valence-electron chi connectivity index (χ2n) is 28.4. The molecule has 0 aromatic rings. The number of hydrogen-bond donors (Lipinski definition) is 3. The van der Waals surface area contributed by atoms with E-state index in [2.05, 4.69) is 55.4 Å². The number of esters is 4. The fourth-order valence-electron chi connectivity index (χ4n) is 11.2. The van der Waals surface area contributed by atoms with E-state index in [1.165, 1.54) is 167 Å². The van der Waals surface area contributed by atoms with E-state index in [0.717, 1.165) is 114 Å². The van der Waals surface area contributed by atoms with Gasteiger partial charge < -0.3 is 33.8 Å². The number of carbonyl (C=O) groups is 4. The van der Waals surface area contributed by atoms with Crippen LogP contribution in [0.25, 0.3) is 0 Å². The number of phosphoric acid groups is 2. The lowest BCUT2D eigenvalue weighted by atomic mass is 9.99. The quantitative estimate of drug-likeness (QED) is 0.0222. The minimum atomic E-state index is -4.96. The van der Waals surface area contributed by atoms with Gasteiger partial charge in [-0.25, -0.2) is 9.13 Å². The largest absolute Gasteiger partial charge is 0.472 e. The fraction of sp³-hybridized carbons (Fsp3) is 0.946. The summed E-state index contributed by atoms with van der Waals surface area (Å²) in [7, 11) is -9.91. The van der Waals surface area contributed by atoms with Gasteiger partial charge in [-0.05, 0) is 49.4 Å². The third-order valence-electron chi connectivity index (χ3n) is 17.4. The van der Waals surface area contributed by atoms with E-state index in [1.807, 2.05) is 0 Å². The molecule has 0 saturated heterocycles. The van der Waals surface area contributed by atoms with Crippen LogP contribution in [0.1, 0.15) is 370 Å². The van der Waals surface area contributed by atoms with E-state index in [9.17, 15) is 43.2 Å². The Morgan fingerprint density at radius 2 is 0.516 bits per heavy atom. The Kier molecular flexibility index (Phi) is 62.2. The zero-order chi connectivity index (χ0) is 68.9. The molecule has 0 aliphatic carbocycles. The van der Waals surface area contributed by atoms with Crippen LogP contribution in [-0.2, 0) is 65.4 Å². The number of unbranched alkanes of at least 4 members (excludes halogenated alkanes) is 36. The van der Waals surface area contributed by atoms with Gasteiger partial charge in [-0.15, -0.1) is 0 Å². The van der Waals surface area contributed by atoms with Crippen molar-refractivity contribution in [2.24, 2.45) is 23.7 Å². The van der Waals surface area contributed by atoms with Gasteiger partial charge in [-0.3, -0.25) is 37.3 Å². The van der Waals surface area contributed by atoms with E-state index in [4.69, 9.17) is 37.0 Å². The lowest BCUT2D eigenvalue weighted by Gasteiger charge is -2.21. The number of carbonyl (C=O) groups excluding carboxylic acids is 4. The fourth-order valence-corrected chi connectivity index (χ4v) is 12.7. The standard InChI is InChI=1S/C74H144O17P2/c1-9-67(8)53-45-37-28-22-18-19-23-29-38-46-54-71(76)84-60-69(90-74(79)57-49-41-31-25-17-13-15-21-27-35-43-51-65(4)5)62-88-92(80,81)86-58-68(75)59-87-93(82,83)89-63-70(61-85-72(77)55-47-39-33-32-36-44-52-66(6)7)91-73(78)56-48-40-30-24-16-12-10-11-14-20-26-34-42-50-64(2)3/h64-70,75H,9-63H2,1-8H3,(H,80,81)(H,82,83)/t67?,68-,69-,70-/m1/s1. The van der Waals surface area contributed by atoms with Crippen molar-refractivity contribution in [3.63, 3.8) is 0 Å². The monoisotopic (exact) mass is 1370 g/mol. The molecule has 0 aromatic heterocycles. The Bertz CT molecular complexity index is 1840. The molecule has 0 fully saturated rings. The molecule has 0 amide bonds. The zero-order valence-corrected chi connectivity index (χ0v) is 62.7. The summed E-state index contributed by atoms with van der Waals surface area (Å²) in [6.07, 6.45) is 47.2. The maximum absolute atomic E-state index is 13.1. The normalized spacial score (nSPS) is 14.5. The van der Waals surface area contributed by atoms with Crippen LogP contribution in [0.2, 0.25) is 0 Å². The molecule has 0 aliphatic rings. The smallest absolute Gasteiger partial charge is 0.462 e. The predicted molar refractivity (Wildman–Crippen MR) is 377 cm³/mol. The number of rotatable bonds is 71. The third kappa shape index (κ3) is 67.0. The molecule has 3 unspecified atom stereocenters. The van der Waals surface area contributed by atoms with E-state index < -0.39 is 97.5 Å². The molecule has 0 saturated carbocycles. The molecule has 552 valence electrons. The molecule has 0 aromatic carbocycles. The van der Waals surface area contributed by atoms with Crippen LogP contribution in [-0.4, -0.2) is 96.7 Å². The molecule has 6 atom stereocenters. The van der Waals surface area contributed by atoms with Gasteiger partial charge >= 0.3 is 39.5 Å². The molecule has 93 heavy (non-hydrogen) atoms. The van der Waals surface area contributed by atoms with Gasteiger partial charge in [-0.1, -0.05) is 319 Å². The first-order chi connectivity index (χ1) is 44.6. The number of hydrogen-bond acceptors (Lipinski definition) is 15. The maximum Gasteiger partial charge on any atom is 0.472 e. The first-order valence-corrected chi connectivity index (χ1v) is 41.2. The number of aliphatic hydroxyl groups excluding tert-OH is 1. The molecule has 19 heteroatoms. The number of aliphatic hydroxyl groups is 1. The third-order valence-corrected chi connectivity index (χ3v) is 19.3. The Labute approximate surface area is 568 Å². The Morgan fingerprint density at radius 3 is 0.763 bits per heavy atom. The van der Waals surface area contributed by atoms with Crippen LogP contribution in [0.4, 0.5) is 0 Å². The van der Waals surface area contributed by atoms with E-state index in [1.54, 1.807) is 0 Å². The Morgan fingerprint density at radius 1 is 0.301 bits per heavy atom. The van der Waals surface area contributed by atoms with Gasteiger partial charge in [0.2, 0.25) is 0 Å². The van der Waals surface area contributed by atoms with Crippen molar-refractivity contribution in [3.8, 4) is 0 Å². The van der Waals surface area contributed by atoms with E-state index in [0.29, 0.717) is 31.6 Å². The van der Waals surface area contributed by atoms with Crippen molar-refractivity contribution in [1.29, 1.82) is 0 Å². The highest BCUT2D eigenvalue weighted by Crippen LogP contribution is 2.45.